The molecule has 16 heavy (non-hydrogen) atoms. The molecule has 2 aliphatic heterocycles. The molecule has 8 heteroatoms. The maximum Gasteiger partial charge on any atom is 0.114 e. The van der Waals surface area contributed by atoms with Crippen molar-refractivity contribution in [2.75, 3.05) is 13.7 Å². The predicted molar refractivity (Wildman–Crippen MR) is 51.9 cm³/mol. The molecule has 2 saturated heterocycles. The van der Waals surface area contributed by atoms with E-state index in [1.54, 1.807) is 0 Å². The summed E-state index contributed by atoms with van der Waals surface area (Å²) in [4.78, 5) is 4.45. The van der Waals surface area contributed by atoms with Crippen LogP contribution in [0, 0.1) is 15.6 Å². The van der Waals surface area contributed by atoms with Crippen molar-refractivity contribution >= 4 is 0 Å². The van der Waals surface area contributed by atoms with Gasteiger partial charge in [-0.1, -0.05) is 6.92 Å². The third-order valence-corrected chi connectivity index (χ3v) is 3.96. The van der Waals surface area contributed by atoms with Crippen LogP contribution in [0.15, 0.2) is 0 Å². The van der Waals surface area contributed by atoms with Crippen LogP contribution in [0.4, 0.5) is 0 Å². The summed E-state index contributed by atoms with van der Waals surface area (Å²) in [5, 5.41) is 35.6. The largest absolute Gasteiger partial charge is 0.785 e. The molecule has 0 N–H and O–H groups in total. The predicted octanol–water partition coefficient (Wildman–Crippen LogP) is -0.456. The lowest BCUT2D eigenvalue weighted by molar-refractivity contribution is -0.268. The van der Waals surface area contributed by atoms with E-state index < -0.39 is 23.2 Å². The second kappa shape index (κ2) is 2.92. The molecule has 3 aliphatic rings. The molecule has 3 rings (SSSR count). The Morgan fingerprint density at radius 2 is 2.12 bits per heavy atom. The first-order chi connectivity index (χ1) is 7.51. The summed E-state index contributed by atoms with van der Waals surface area (Å²) in [5.74, 6) is 0. The summed E-state index contributed by atoms with van der Waals surface area (Å²) in [6.07, 6.45) is 0.573. The van der Waals surface area contributed by atoms with Crippen LogP contribution in [0.1, 0.15) is 13.3 Å². The minimum atomic E-state index is -1.15. The van der Waals surface area contributed by atoms with Gasteiger partial charge < -0.3 is 25.4 Å². The number of rotatable bonds is 3. The molecule has 92 valence electrons. The molecule has 0 aromatic carbocycles. The van der Waals surface area contributed by atoms with E-state index in [0.29, 0.717) is 18.1 Å². The summed E-state index contributed by atoms with van der Waals surface area (Å²) >= 11 is 0. The Kier molecular flexibility index (Phi) is 1.97. The summed E-state index contributed by atoms with van der Waals surface area (Å²) in [6.45, 7) is 2.25. The SMILES string of the molecule is CCC1([C@@]23C(N(C)[O-])C2N([O-])ON3[O-])CO1. The Hall–Kier alpha value is -0.320. The standard InChI is InChI=1S/C8H12N3O5/c1-3-7(4-15-7)8-5(9(2)12)6(8)10(13)16-11(8)14/h5-6H,3-4H2,1-2H3/q-3/t5?,6?,7?,8-/m1/s1. The molecule has 1 saturated carbocycles. The first-order valence-electron chi connectivity index (χ1n) is 5.17. The second-order valence-electron chi connectivity index (χ2n) is 4.52. The van der Waals surface area contributed by atoms with Gasteiger partial charge in [0.1, 0.15) is 11.1 Å². The summed E-state index contributed by atoms with van der Waals surface area (Å²) < 4.78 is 5.32. The number of likely N-dealkylation sites (N-methyl/N-ethyl adjacent to an activating group) is 1. The number of nitrogens with zero attached hydrogens (tertiary/aromatic N) is 3. The van der Waals surface area contributed by atoms with Crippen molar-refractivity contribution in [3.63, 3.8) is 0 Å². The number of hydroxylamine groups is 6. The van der Waals surface area contributed by atoms with E-state index in [0.717, 1.165) is 0 Å². The first-order valence-corrected chi connectivity index (χ1v) is 5.17. The van der Waals surface area contributed by atoms with Crippen LogP contribution >= 0.6 is 0 Å². The zero-order valence-electron chi connectivity index (χ0n) is 8.95. The highest BCUT2D eigenvalue weighted by Crippen LogP contribution is 2.64. The van der Waals surface area contributed by atoms with Crippen molar-refractivity contribution < 1.29 is 9.68 Å². The fourth-order valence-corrected chi connectivity index (χ4v) is 3.01. The quantitative estimate of drug-likeness (QED) is 0.474. The Balaban J connectivity index is 1.98. The number of ether oxygens (including phenoxy) is 1. The van der Waals surface area contributed by atoms with E-state index in [2.05, 4.69) is 4.94 Å². The molecule has 1 aliphatic carbocycles. The van der Waals surface area contributed by atoms with E-state index in [1.807, 2.05) is 6.92 Å². The highest BCUT2D eigenvalue weighted by molar-refractivity contribution is 5.40. The molecule has 8 nitrogen and oxygen atoms in total. The molecule has 3 fully saturated rings. The third kappa shape index (κ3) is 0.928. The van der Waals surface area contributed by atoms with Gasteiger partial charge in [0.05, 0.1) is 12.6 Å². The van der Waals surface area contributed by atoms with Crippen LogP contribution in [0.3, 0.4) is 0 Å². The zero-order chi connectivity index (χ0) is 11.7. The zero-order valence-corrected chi connectivity index (χ0v) is 8.95. The molecule has 0 spiro atoms. The molecule has 3 unspecified atom stereocenters. The van der Waals surface area contributed by atoms with Crippen molar-refractivity contribution in [2.24, 2.45) is 0 Å². The fraction of sp³-hybridized carbons (Fsp3) is 1.00. The molecule has 4 atom stereocenters. The normalized spacial score (nSPS) is 52.1. The van der Waals surface area contributed by atoms with Gasteiger partial charge in [-0.25, -0.2) is 15.4 Å². The molecular weight excluding hydrogens is 218 g/mol. The molecule has 2 heterocycles. The number of epoxide rings is 1. The van der Waals surface area contributed by atoms with Crippen LogP contribution in [0.2, 0.25) is 0 Å². The van der Waals surface area contributed by atoms with E-state index in [-0.39, 0.29) is 10.5 Å². The van der Waals surface area contributed by atoms with Crippen LogP contribution in [-0.2, 0) is 9.68 Å². The summed E-state index contributed by atoms with van der Waals surface area (Å²) in [5.41, 5.74) is -1.86. The Bertz CT molecular complexity index is 317. The van der Waals surface area contributed by atoms with Crippen molar-refractivity contribution in [3.05, 3.63) is 15.6 Å². The topological polar surface area (TPSA) is 101 Å². The fourth-order valence-electron chi connectivity index (χ4n) is 3.01. The molecule has 0 aromatic heterocycles. The Morgan fingerprint density at radius 1 is 1.50 bits per heavy atom. The molecule has 0 amide bonds. The lowest BCUT2D eigenvalue weighted by Gasteiger charge is -2.41. The molecular formula is C8H12N3O5-3. The van der Waals surface area contributed by atoms with Crippen molar-refractivity contribution in [2.45, 2.75) is 36.6 Å². The molecule has 0 aromatic rings. The van der Waals surface area contributed by atoms with Crippen LogP contribution in [0.5, 0.6) is 0 Å². The van der Waals surface area contributed by atoms with Gasteiger partial charge in [0.25, 0.3) is 0 Å². The van der Waals surface area contributed by atoms with Gasteiger partial charge in [0, 0.05) is 6.04 Å². The first kappa shape index (κ1) is 10.8. The van der Waals surface area contributed by atoms with E-state index in [4.69, 9.17) is 4.74 Å². The number of fused-ring (bicyclic) bond motifs is 1. The van der Waals surface area contributed by atoms with Gasteiger partial charge in [0.2, 0.25) is 0 Å². The van der Waals surface area contributed by atoms with Crippen LogP contribution in [-0.4, -0.2) is 52.4 Å². The van der Waals surface area contributed by atoms with Crippen molar-refractivity contribution in [1.29, 1.82) is 0 Å². The summed E-state index contributed by atoms with van der Waals surface area (Å²) in [7, 11) is 1.30. The van der Waals surface area contributed by atoms with Gasteiger partial charge >= 0.3 is 0 Å². The second-order valence-corrected chi connectivity index (χ2v) is 4.52. The maximum absolute atomic E-state index is 11.7. The molecule has 0 bridgehead atoms. The molecule has 0 radical (unpaired) electrons. The van der Waals surface area contributed by atoms with Crippen LogP contribution < -0.4 is 0 Å². The summed E-state index contributed by atoms with van der Waals surface area (Å²) in [6, 6.07) is -1.44. The maximum atomic E-state index is 11.7. The van der Waals surface area contributed by atoms with Gasteiger partial charge in [-0.3, -0.25) is 0 Å². The van der Waals surface area contributed by atoms with Gasteiger partial charge in [0.15, 0.2) is 0 Å². The number of hydrogen-bond donors (Lipinski definition) is 0. The minimum Gasteiger partial charge on any atom is -0.785 e. The van der Waals surface area contributed by atoms with E-state index in [1.165, 1.54) is 7.05 Å². The van der Waals surface area contributed by atoms with Gasteiger partial charge in [-0.15, -0.1) is 0 Å². The smallest absolute Gasteiger partial charge is 0.114 e. The monoisotopic (exact) mass is 230 g/mol. The van der Waals surface area contributed by atoms with E-state index in [9.17, 15) is 15.6 Å². The average molecular weight is 230 g/mol. The van der Waals surface area contributed by atoms with Gasteiger partial charge in [-0.05, 0) is 13.5 Å². The lowest BCUT2D eigenvalue weighted by atomic mass is 9.94. The minimum absolute atomic E-state index is 0.213. The third-order valence-electron chi connectivity index (χ3n) is 3.96. The highest BCUT2D eigenvalue weighted by atomic mass is 17.1. The number of hydrogen-bond acceptors (Lipinski definition) is 8. The van der Waals surface area contributed by atoms with Crippen molar-refractivity contribution in [3.8, 4) is 0 Å². The van der Waals surface area contributed by atoms with Crippen molar-refractivity contribution in [1.82, 2.24) is 15.5 Å². The average Bonchev–Trinajstić information content (AvgIpc) is 3.09. The lowest BCUT2D eigenvalue weighted by Crippen LogP contribution is -2.49. The highest BCUT2D eigenvalue weighted by Gasteiger charge is 2.83. The van der Waals surface area contributed by atoms with Gasteiger partial charge in [-0.2, -0.15) is 0 Å². The van der Waals surface area contributed by atoms with E-state index >= 15 is 0 Å². The Morgan fingerprint density at radius 3 is 2.50 bits per heavy atom. The Labute approximate surface area is 91.9 Å². The van der Waals surface area contributed by atoms with Crippen LogP contribution in [0.25, 0.3) is 0 Å².